The molecule has 0 aliphatic carbocycles. The van der Waals surface area contributed by atoms with Gasteiger partial charge in [-0.1, -0.05) is 23.4 Å². The fraction of sp³-hybridized carbons (Fsp3) is 0.333. The molecule has 7 heteroatoms. The van der Waals surface area contributed by atoms with Crippen LogP contribution in [0.15, 0.2) is 40.9 Å². The Morgan fingerprint density at radius 3 is 2.46 bits per heavy atom. The van der Waals surface area contributed by atoms with Crippen molar-refractivity contribution in [3.63, 3.8) is 0 Å². The number of aryl methyl sites for hydroxylation is 2. The molecule has 0 spiro atoms. The highest BCUT2D eigenvalue weighted by molar-refractivity contribution is 5.60. The van der Waals surface area contributed by atoms with Gasteiger partial charge in [0.05, 0.1) is 14.2 Å². The van der Waals surface area contributed by atoms with Crippen LogP contribution in [0, 0.1) is 13.8 Å². The smallest absolute Gasteiger partial charge is 0.245 e. The van der Waals surface area contributed by atoms with E-state index in [1.807, 2.05) is 18.2 Å². The Bertz CT molecular complexity index is 986. The van der Waals surface area contributed by atoms with Crippen LogP contribution in [0.2, 0.25) is 0 Å². The molecule has 2 aromatic carbocycles. The summed E-state index contributed by atoms with van der Waals surface area (Å²) >= 11 is 0. The van der Waals surface area contributed by atoms with Crippen molar-refractivity contribution in [3.8, 4) is 22.9 Å². The summed E-state index contributed by atoms with van der Waals surface area (Å²) in [6.45, 7) is 4.25. The van der Waals surface area contributed by atoms with Gasteiger partial charge < -0.3 is 14.0 Å². The third-order valence-corrected chi connectivity index (χ3v) is 5.22. The highest BCUT2D eigenvalue weighted by Crippen LogP contribution is 2.34. The number of hydrazine groups is 1. The molecular formula is C21H24N4O3. The summed E-state index contributed by atoms with van der Waals surface area (Å²) in [5, 5.41) is 4.14. The standard InChI is InChI=1S/C21H24N4O3/c1-12-5-6-14(9-13(12)2)16-11-17(24-23-16)21-22-20(25-28-21)15-7-8-18(26-3)19(10-15)27-4/h5-10,16-17,23-24H,11H2,1-4H3. The molecule has 2 heterocycles. The summed E-state index contributed by atoms with van der Waals surface area (Å²) in [7, 11) is 3.21. The van der Waals surface area contributed by atoms with Gasteiger partial charge >= 0.3 is 0 Å². The molecule has 1 aliphatic rings. The van der Waals surface area contributed by atoms with Gasteiger partial charge in [-0.25, -0.2) is 10.9 Å². The van der Waals surface area contributed by atoms with E-state index in [4.69, 9.17) is 14.0 Å². The molecule has 1 aliphatic heterocycles. The van der Waals surface area contributed by atoms with Crippen LogP contribution < -0.4 is 20.3 Å². The zero-order valence-corrected chi connectivity index (χ0v) is 16.4. The van der Waals surface area contributed by atoms with E-state index in [0.29, 0.717) is 23.2 Å². The number of benzene rings is 2. The molecule has 146 valence electrons. The van der Waals surface area contributed by atoms with Gasteiger partial charge in [-0.2, -0.15) is 4.98 Å². The third-order valence-electron chi connectivity index (χ3n) is 5.22. The van der Waals surface area contributed by atoms with E-state index in [1.54, 1.807) is 14.2 Å². The van der Waals surface area contributed by atoms with Gasteiger partial charge in [0.1, 0.15) is 6.04 Å². The second-order valence-electron chi connectivity index (χ2n) is 7.00. The van der Waals surface area contributed by atoms with Crippen molar-refractivity contribution in [1.29, 1.82) is 0 Å². The topological polar surface area (TPSA) is 81.4 Å². The summed E-state index contributed by atoms with van der Waals surface area (Å²) in [6.07, 6.45) is 0.829. The van der Waals surface area contributed by atoms with Crippen LogP contribution >= 0.6 is 0 Å². The second kappa shape index (κ2) is 7.61. The van der Waals surface area contributed by atoms with Crippen molar-refractivity contribution < 1.29 is 14.0 Å². The molecule has 3 aromatic rings. The van der Waals surface area contributed by atoms with Gasteiger partial charge in [0.2, 0.25) is 11.7 Å². The minimum atomic E-state index is -0.0481. The predicted molar refractivity (Wildman–Crippen MR) is 105 cm³/mol. The highest BCUT2D eigenvalue weighted by Gasteiger charge is 2.30. The molecule has 0 amide bonds. The molecule has 28 heavy (non-hydrogen) atoms. The van der Waals surface area contributed by atoms with E-state index >= 15 is 0 Å². The van der Waals surface area contributed by atoms with Gasteiger partial charge in [-0.15, -0.1) is 0 Å². The monoisotopic (exact) mass is 380 g/mol. The number of methoxy groups -OCH3 is 2. The Morgan fingerprint density at radius 1 is 0.929 bits per heavy atom. The Labute approximate surface area is 164 Å². The number of rotatable bonds is 5. The van der Waals surface area contributed by atoms with Gasteiger partial charge in [0.25, 0.3) is 0 Å². The van der Waals surface area contributed by atoms with Crippen molar-refractivity contribution >= 4 is 0 Å². The first kappa shape index (κ1) is 18.5. The molecule has 7 nitrogen and oxygen atoms in total. The first-order valence-corrected chi connectivity index (χ1v) is 9.23. The molecule has 1 aromatic heterocycles. The summed E-state index contributed by atoms with van der Waals surface area (Å²) in [6, 6.07) is 12.2. The second-order valence-corrected chi connectivity index (χ2v) is 7.00. The zero-order chi connectivity index (χ0) is 19.7. The maximum atomic E-state index is 5.52. The summed E-state index contributed by atoms with van der Waals surface area (Å²) in [5.41, 5.74) is 11.2. The molecular weight excluding hydrogens is 356 g/mol. The van der Waals surface area contributed by atoms with Gasteiger partial charge in [0, 0.05) is 11.6 Å². The van der Waals surface area contributed by atoms with Gasteiger partial charge in [-0.05, 0) is 55.2 Å². The van der Waals surface area contributed by atoms with Crippen molar-refractivity contribution in [2.24, 2.45) is 0 Å². The Morgan fingerprint density at radius 2 is 1.71 bits per heavy atom. The minimum Gasteiger partial charge on any atom is -0.493 e. The molecule has 4 rings (SSSR count). The SMILES string of the molecule is COc1ccc(-c2noc(C3CC(c4ccc(C)c(C)c4)NN3)n2)cc1OC. The molecule has 2 atom stereocenters. The average molecular weight is 380 g/mol. The van der Waals surface area contributed by atoms with Crippen molar-refractivity contribution in [2.75, 3.05) is 14.2 Å². The lowest BCUT2D eigenvalue weighted by atomic mass is 9.98. The fourth-order valence-corrected chi connectivity index (χ4v) is 3.39. The first-order chi connectivity index (χ1) is 13.6. The maximum Gasteiger partial charge on any atom is 0.245 e. The summed E-state index contributed by atoms with van der Waals surface area (Å²) < 4.78 is 16.2. The Balaban J connectivity index is 1.51. The zero-order valence-electron chi connectivity index (χ0n) is 16.4. The molecule has 0 radical (unpaired) electrons. The molecule has 1 saturated heterocycles. The van der Waals surface area contributed by atoms with E-state index in [1.165, 1.54) is 16.7 Å². The molecule has 0 saturated carbocycles. The van der Waals surface area contributed by atoms with Crippen LogP contribution in [-0.2, 0) is 0 Å². The number of hydrogen-bond acceptors (Lipinski definition) is 7. The molecule has 2 unspecified atom stereocenters. The first-order valence-electron chi connectivity index (χ1n) is 9.23. The largest absolute Gasteiger partial charge is 0.493 e. The Kier molecular flexibility index (Phi) is 5.02. The van der Waals surface area contributed by atoms with E-state index in [9.17, 15) is 0 Å². The third kappa shape index (κ3) is 3.46. The van der Waals surface area contributed by atoms with E-state index in [2.05, 4.69) is 53.0 Å². The number of nitrogens with one attached hydrogen (secondary N) is 2. The average Bonchev–Trinajstić information content (AvgIpc) is 3.39. The number of hydrogen-bond donors (Lipinski definition) is 2. The van der Waals surface area contributed by atoms with E-state index in [-0.39, 0.29) is 12.1 Å². The number of nitrogens with zero attached hydrogens (tertiary/aromatic N) is 2. The lowest BCUT2D eigenvalue weighted by molar-refractivity contribution is 0.340. The predicted octanol–water partition coefficient (Wildman–Crippen LogP) is 3.65. The molecule has 1 fully saturated rings. The fourth-order valence-electron chi connectivity index (χ4n) is 3.39. The van der Waals surface area contributed by atoms with Gasteiger partial charge in [0.15, 0.2) is 11.5 Å². The van der Waals surface area contributed by atoms with Crippen LogP contribution in [0.1, 0.15) is 41.1 Å². The van der Waals surface area contributed by atoms with Crippen LogP contribution in [-0.4, -0.2) is 24.4 Å². The summed E-state index contributed by atoms with van der Waals surface area (Å²) in [5.74, 6) is 2.37. The van der Waals surface area contributed by atoms with E-state index < -0.39 is 0 Å². The van der Waals surface area contributed by atoms with Crippen LogP contribution in [0.5, 0.6) is 11.5 Å². The Hall–Kier alpha value is -2.90. The highest BCUT2D eigenvalue weighted by atomic mass is 16.5. The van der Waals surface area contributed by atoms with Crippen molar-refractivity contribution in [1.82, 2.24) is 21.0 Å². The van der Waals surface area contributed by atoms with Crippen LogP contribution in [0.4, 0.5) is 0 Å². The van der Waals surface area contributed by atoms with Crippen LogP contribution in [0.25, 0.3) is 11.4 Å². The lowest BCUT2D eigenvalue weighted by Gasteiger charge is -2.11. The number of ether oxygens (including phenoxy) is 2. The minimum absolute atomic E-state index is 0.0481. The van der Waals surface area contributed by atoms with E-state index in [0.717, 1.165) is 12.0 Å². The lowest BCUT2D eigenvalue weighted by Crippen LogP contribution is -2.26. The maximum absolute atomic E-state index is 5.52. The molecule has 2 N–H and O–H groups in total. The van der Waals surface area contributed by atoms with Crippen molar-refractivity contribution in [3.05, 3.63) is 59.0 Å². The molecule has 0 bridgehead atoms. The van der Waals surface area contributed by atoms with Crippen LogP contribution in [0.3, 0.4) is 0 Å². The quantitative estimate of drug-likeness (QED) is 0.699. The number of aromatic nitrogens is 2. The van der Waals surface area contributed by atoms with Gasteiger partial charge in [-0.3, -0.25) is 0 Å². The summed E-state index contributed by atoms with van der Waals surface area (Å²) in [4.78, 5) is 4.58. The normalized spacial score (nSPS) is 19.0. The van der Waals surface area contributed by atoms with Crippen molar-refractivity contribution in [2.45, 2.75) is 32.4 Å².